The van der Waals surface area contributed by atoms with Gasteiger partial charge in [0.2, 0.25) is 5.91 Å². The minimum Gasteiger partial charge on any atom is -0.320 e. The van der Waals surface area contributed by atoms with Gasteiger partial charge in [0.15, 0.2) is 0 Å². The molecule has 0 fully saturated rings. The number of para-hydroxylation sites is 1. The van der Waals surface area contributed by atoms with E-state index in [1.165, 1.54) is 6.07 Å². The lowest BCUT2D eigenvalue weighted by Crippen LogP contribution is -2.29. The van der Waals surface area contributed by atoms with Crippen molar-refractivity contribution in [3.05, 3.63) is 42.2 Å². The molecule has 8 heteroatoms. The number of rotatable bonds is 7. The average Bonchev–Trinajstić information content (AvgIpc) is 2.96. The molecule has 0 aliphatic carbocycles. The molecule has 0 radical (unpaired) electrons. The van der Waals surface area contributed by atoms with Crippen molar-refractivity contribution >= 4 is 11.6 Å². The Labute approximate surface area is 120 Å². The van der Waals surface area contributed by atoms with Crippen molar-refractivity contribution in [2.75, 3.05) is 18.4 Å². The topological polar surface area (TPSA) is 71.8 Å². The predicted molar refractivity (Wildman–Crippen MR) is 72.5 cm³/mol. The standard InChI is InChI=1S/C13H15F2N5O/c14-10-3-1-4-11(15)13(10)18-12(21)9-16-5-2-7-20-8-6-17-19-20/h1,3-4,6,8,16H,2,5,7,9H2,(H,18,21). The molecule has 0 spiro atoms. The zero-order chi connectivity index (χ0) is 15.1. The molecule has 0 atom stereocenters. The van der Waals surface area contributed by atoms with Gasteiger partial charge < -0.3 is 10.6 Å². The second-order valence-corrected chi connectivity index (χ2v) is 4.34. The fraction of sp³-hybridized carbons (Fsp3) is 0.308. The molecular formula is C13H15F2N5O. The Hall–Kier alpha value is -2.35. The molecule has 0 aliphatic heterocycles. The number of carbonyl (C=O) groups excluding carboxylic acids is 1. The third-order valence-electron chi connectivity index (χ3n) is 2.73. The van der Waals surface area contributed by atoms with Crippen LogP contribution in [0.4, 0.5) is 14.5 Å². The molecule has 0 unspecified atom stereocenters. The summed E-state index contributed by atoms with van der Waals surface area (Å²) in [6, 6.07) is 3.41. The molecule has 0 saturated carbocycles. The Morgan fingerprint density at radius 3 is 2.71 bits per heavy atom. The Kier molecular flexibility index (Phi) is 5.33. The summed E-state index contributed by atoms with van der Waals surface area (Å²) in [6.07, 6.45) is 4.09. The molecule has 21 heavy (non-hydrogen) atoms. The van der Waals surface area contributed by atoms with Crippen LogP contribution in [0.1, 0.15) is 6.42 Å². The number of aryl methyl sites for hydroxylation is 1. The molecule has 2 aromatic rings. The highest BCUT2D eigenvalue weighted by Crippen LogP contribution is 2.17. The summed E-state index contributed by atoms with van der Waals surface area (Å²) in [5.74, 6) is -2.09. The van der Waals surface area contributed by atoms with Crippen LogP contribution < -0.4 is 10.6 Å². The number of aromatic nitrogens is 3. The van der Waals surface area contributed by atoms with E-state index in [1.54, 1.807) is 17.1 Å². The quantitative estimate of drug-likeness (QED) is 0.752. The second kappa shape index (κ2) is 7.44. The van der Waals surface area contributed by atoms with Gasteiger partial charge in [0.1, 0.15) is 17.3 Å². The number of nitrogens with one attached hydrogen (secondary N) is 2. The van der Waals surface area contributed by atoms with Crippen molar-refractivity contribution in [2.45, 2.75) is 13.0 Å². The van der Waals surface area contributed by atoms with Gasteiger partial charge in [0, 0.05) is 12.7 Å². The van der Waals surface area contributed by atoms with Crippen molar-refractivity contribution < 1.29 is 13.6 Å². The first-order valence-corrected chi connectivity index (χ1v) is 6.45. The zero-order valence-electron chi connectivity index (χ0n) is 11.2. The number of halogens is 2. The van der Waals surface area contributed by atoms with Gasteiger partial charge in [-0.15, -0.1) is 5.10 Å². The van der Waals surface area contributed by atoms with Gasteiger partial charge in [-0.1, -0.05) is 11.3 Å². The van der Waals surface area contributed by atoms with Crippen LogP contribution in [0, 0.1) is 11.6 Å². The molecule has 0 bridgehead atoms. The monoisotopic (exact) mass is 295 g/mol. The van der Waals surface area contributed by atoms with Crippen LogP contribution in [-0.4, -0.2) is 34.0 Å². The van der Waals surface area contributed by atoms with Gasteiger partial charge in [-0.3, -0.25) is 9.48 Å². The van der Waals surface area contributed by atoms with Gasteiger partial charge in [-0.25, -0.2) is 8.78 Å². The molecule has 1 heterocycles. The Balaban J connectivity index is 1.68. The predicted octanol–water partition coefficient (Wildman–Crippen LogP) is 1.17. The fourth-order valence-corrected chi connectivity index (χ4v) is 1.72. The van der Waals surface area contributed by atoms with E-state index in [2.05, 4.69) is 20.9 Å². The van der Waals surface area contributed by atoms with Crippen LogP contribution in [0.15, 0.2) is 30.6 Å². The molecule has 0 aliphatic rings. The van der Waals surface area contributed by atoms with E-state index >= 15 is 0 Å². The lowest BCUT2D eigenvalue weighted by atomic mass is 10.3. The summed E-state index contributed by atoms with van der Waals surface area (Å²) < 4.78 is 28.3. The van der Waals surface area contributed by atoms with E-state index < -0.39 is 23.2 Å². The number of hydrogen-bond donors (Lipinski definition) is 2. The van der Waals surface area contributed by atoms with Crippen LogP contribution in [-0.2, 0) is 11.3 Å². The first kappa shape index (κ1) is 15.0. The van der Waals surface area contributed by atoms with Gasteiger partial charge >= 0.3 is 0 Å². The Morgan fingerprint density at radius 2 is 2.05 bits per heavy atom. The minimum atomic E-state index is -0.797. The van der Waals surface area contributed by atoms with Crippen LogP contribution in [0.3, 0.4) is 0 Å². The fourth-order valence-electron chi connectivity index (χ4n) is 1.72. The molecule has 2 rings (SSSR count). The van der Waals surface area contributed by atoms with Crippen LogP contribution in [0.2, 0.25) is 0 Å². The first-order chi connectivity index (χ1) is 10.2. The summed E-state index contributed by atoms with van der Waals surface area (Å²) in [7, 11) is 0. The van der Waals surface area contributed by atoms with E-state index in [4.69, 9.17) is 0 Å². The van der Waals surface area contributed by atoms with Gasteiger partial charge in [-0.05, 0) is 25.1 Å². The van der Waals surface area contributed by atoms with Gasteiger partial charge in [0.25, 0.3) is 0 Å². The highest BCUT2D eigenvalue weighted by molar-refractivity contribution is 5.92. The highest BCUT2D eigenvalue weighted by Gasteiger charge is 2.11. The summed E-state index contributed by atoms with van der Waals surface area (Å²) in [6.45, 7) is 1.23. The van der Waals surface area contributed by atoms with E-state index in [-0.39, 0.29) is 6.54 Å². The number of amides is 1. The van der Waals surface area contributed by atoms with Crippen LogP contribution in [0.25, 0.3) is 0 Å². The summed E-state index contributed by atoms with van der Waals surface area (Å²) in [5, 5.41) is 12.6. The smallest absolute Gasteiger partial charge is 0.238 e. The second-order valence-electron chi connectivity index (χ2n) is 4.34. The van der Waals surface area contributed by atoms with Crippen molar-refractivity contribution in [1.29, 1.82) is 0 Å². The van der Waals surface area contributed by atoms with E-state index in [0.29, 0.717) is 13.1 Å². The molecule has 6 nitrogen and oxygen atoms in total. The van der Waals surface area contributed by atoms with Gasteiger partial charge in [0.05, 0.1) is 12.7 Å². The number of hydrogen-bond acceptors (Lipinski definition) is 4. The van der Waals surface area contributed by atoms with E-state index in [0.717, 1.165) is 18.6 Å². The third kappa shape index (κ3) is 4.60. The first-order valence-electron chi connectivity index (χ1n) is 6.45. The third-order valence-corrected chi connectivity index (χ3v) is 2.73. The molecular weight excluding hydrogens is 280 g/mol. The summed E-state index contributed by atoms with van der Waals surface area (Å²) in [4.78, 5) is 11.6. The molecule has 1 aromatic heterocycles. The van der Waals surface area contributed by atoms with Crippen molar-refractivity contribution in [2.24, 2.45) is 0 Å². The maximum absolute atomic E-state index is 13.3. The molecule has 1 aromatic carbocycles. The number of carbonyl (C=O) groups is 1. The molecule has 1 amide bonds. The zero-order valence-corrected chi connectivity index (χ0v) is 11.2. The minimum absolute atomic E-state index is 0.0227. The summed E-state index contributed by atoms with van der Waals surface area (Å²) >= 11 is 0. The average molecular weight is 295 g/mol. The maximum Gasteiger partial charge on any atom is 0.238 e. The molecule has 0 saturated heterocycles. The number of anilines is 1. The van der Waals surface area contributed by atoms with E-state index in [9.17, 15) is 13.6 Å². The Bertz CT molecular complexity index is 568. The molecule has 2 N–H and O–H groups in total. The maximum atomic E-state index is 13.3. The number of benzene rings is 1. The SMILES string of the molecule is O=C(CNCCCn1ccnn1)Nc1c(F)cccc1F. The van der Waals surface area contributed by atoms with E-state index in [1.807, 2.05) is 0 Å². The van der Waals surface area contributed by atoms with Crippen molar-refractivity contribution in [1.82, 2.24) is 20.3 Å². The van der Waals surface area contributed by atoms with Crippen LogP contribution >= 0.6 is 0 Å². The molecule has 112 valence electrons. The Morgan fingerprint density at radius 1 is 1.29 bits per heavy atom. The summed E-state index contributed by atoms with van der Waals surface area (Å²) in [5.41, 5.74) is -0.424. The lowest BCUT2D eigenvalue weighted by molar-refractivity contribution is -0.115. The van der Waals surface area contributed by atoms with Crippen molar-refractivity contribution in [3.8, 4) is 0 Å². The largest absolute Gasteiger partial charge is 0.320 e. The highest BCUT2D eigenvalue weighted by atomic mass is 19.1. The van der Waals surface area contributed by atoms with Gasteiger partial charge in [-0.2, -0.15) is 0 Å². The van der Waals surface area contributed by atoms with Crippen molar-refractivity contribution in [3.63, 3.8) is 0 Å². The number of nitrogens with zero attached hydrogens (tertiary/aromatic N) is 3. The van der Waals surface area contributed by atoms with Crippen LogP contribution in [0.5, 0.6) is 0 Å². The lowest BCUT2D eigenvalue weighted by Gasteiger charge is -2.08. The normalized spacial score (nSPS) is 10.6.